The van der Waals surface area contributed by atoms with E-state index in [1.807, 2.05) is 13.2 Å². The number of pyridine rings is 1. The van der Waals surface area contributed by atoms with Gasteiger partial charge in [-0.3, -0.25) is 4.99 Å². The quantitative estimate of drug-likeness (QED) is 0.637. The number of hydrogen-bond donors (Lipinski definition) is 2. The Kier molecular flexibility index (Phi) is 6.72. The molecule has 0 radical (unpaired) electrons. The van der Waals surface area contributed by atoms with Crippen molar-refractivity contribution in [1.82, 2.24) is 20.5 Å². The SMILES string of the molecule is CN=C(NCc1ccnc(N2CCN(C)CC2)c1)NC1CCC(C)CC1. The zero-order valence-electron chi connectivity index (χ0n) is 16.5. The third-order valence-electron chi connectivity index (χ3n) is 5.68. The molecular weight excluding hydrogens is 324 g/mol. The van der Waals surface area contributed by atoms with Crippen LogP contribution >= 0.6 is 0 Å². The van der Waals surface area contributed by atoms with Gasteiger partial charge in [-0.15, -0.1) is 0 Å². The summed E-state index contributed by atoms with van der Waals surface area (Å²) in [5.41, 5.74) is 1.24. The lowest BCUT2D eigenvalue weighted by molar-refractivity contribution is 0.312. The molecule has 1 aromatic rings. The first kappa shape index (κ1) is 19.0. The number of likely N-dealkylation sites (N-methyl/N-ethyl adjacent to an activating group) is 1. The van der Waals surface area contributed by atoms with E-state index in [1.165, 1.54) is 31.2 Å². The van der Waals surface area contributed by atoms with Crippen LogP contribution in [0.3, 0.4) is 0 Å². The van der Waals surface area contributed by atoms with Crippen molar-refractivity contribution in [1.29, 1.82) is 0 Å². The van der Waals surface area contributed by atoms with Crippen molar-refractivity contribution < 1.29 is 0 Å². The van der Waals surface area contributed by atoms with E-state index < -0.39 is 0 Å². The van der Waals surface area contributed by atoms with Gasteiger partial charge in [0.2, 0.25) is 0 Å². The number of aliphatic imine (C=N–C) groups is 1. The number of guanidine groups is 1. The lowest BCUT2D eigenvalue weighted by Crippen LogP contribution is -2.45. The van der Waals surface area contributed by atoms with Gasteiger partial charge in [-0.05, 0) is 56.3 Å². The maximum Gasteiger partial charge on any atom is 0.191 e. The third-order valence-corrected chi connectivity index (χ3v) is 5.68. The van der Waals surface area contributed by atoms with Crippen LogP contribution < -0.4 is 15.5 Å². The highest BCUT2D eigenvalue weighted by molar-refractivity contribution is 5.80. The molecule has 1 aliphatic heterocycles. The van der Waals surface area contributed by atoms with Gasteiger partial charge in [0.05, 0.1) is 0 Å². The molecular formula is C20H34N6. The molecule has 0 aromatic carbocycles. The highest BCUT2D eigenvalue weighted by atomic mass is 15.3. The second-order valence-electron chi connectivity index (χ2n) is 7.84. The molecule has 3 rings (SSSR count). The van der Waals surface area contributed by atoms with E-state index in [2.05, 4.69) is 56.5 Å². The average molecular weight is 359 g/mol. The largest absolute Gasteiger partial charge is 0.354 e. The van der Waals surface area contributed by atoms with Crippen molar-refractivity contribution in [3.05, 3.63) is 23.9 Å². The molecule has 0 spiro atoms. The number of piperazine rings is 1. The van der Waals surface area contributed by atoms with Crippen LogP contribution in [0.25, 0.3) is 0 Å². The summed E-state index contributed by atoms with van der Waals surface area (Å²) >= 11 is 0. The Bertz CT molecular complexity index is 586. The van der Waals surface area contributed by atoms with Crippen LogP contribution in [0.2, 0.25) is 0 Å². The van der Waals surface area contributed by atoms with Crippen molar-refractivity contribution in [3.63, 3.8) is 0 Å². The fourth-order valence-electron chi connectivity index (χ4n) is 3.76. The summed E-state index contributed by atoms with van der Waals surface area (Å²) < 4.78 is 0. The van der Waals surface area contributed by atoms with E-state index in [0.717, 1.165) is 50.4 Å². The smallest absolute Gasteiger partial charge is 0.191 e. The Balaban J connectivity index is 1.51. The Morgan fingerprint density at radius 1 is 1.19 bits per heavy atom. The number of anilines is 1. The van der Waals surface area contributed by atoms with E-state index in [1.54, 1.807) is 0 Å². The molecule has 1 aromatic heterocycles. The molecule has 6 heteroatoms. The van der Waals surface area contributed by atoms with Crippen LogP contribution in [-0.2, 0) is 6.54 Å². The molecule has 2 fully saturated rings. The lowest BCUT2D eigenvalue weighted by atomic mass is 9.87. The van der Waals surface area contributed by atoms with E-state index in [-0.39, 0.29) is 0 Å². The van der Waals surface area contributed by atoms with E-state index in [0.29, 0.717) is 6.04 Å². The fraction of sp³-hybridized carbons (Fsp3) is 0.700. The van der Waals surface area contributed by atoms with Gasteiger partial charge < -0.3 is 20.4 Å². The van der Waals surface area contributed by atoms with Gasteiger partial charge in [-0.1, -0.05) is 6.92 Å². The van der Waals surface area contributed by atoms with Gasteiger partial charge >= 0.3 is 0 Å². The van der Waals surface area contributed by atoms with E-state index >= 15 is 0 Å². The minimum Gasteiger partial charge on any atom is -0.354 e. The van der Waals surface area contributed by atoms with Gasteiger partial charge in [0, 0.05) is 52.0 Å². The molecule has 1 saturated carbocycles. The molecule has 2 heterocycles. The van der Waals surface area contributed by atoms with Gasteiger partial charge in [0.1, 0.15) is 5.82 Å². The van der Waals surface area contributed by atoms with E-state index in [4.69, 9.17) is 0 Å². The fourth-order valence-corrected chi connectivity index (χ4v) is 3.76. The predicted molar refractivity (Wildman–Crippen MR) is 109 cm³/mol. The Morgan fingerprint density at radius 3 is 2.62 bits per heavy atom. The standard InChI is InChI=1S/C20H34N6/c1-16-4-6-18(7-5-16)24-20(21-2)23-15-17-8-9-22-19(14-17)26-12-10-25(3)11-13-26/h8-9,14,16,18H,4-7,10-13,15H2,1-3H3,(H2,21,23,24). The minimum atomic E-state index is 0.552. The lowest BCUT2D eigenvalue weighted by Gasteiger charge is -2.33. The van der Waals surface area contributed by atoms with Crippen LogP contribution in [0.5, 0.6) is 0 Å². The maximum absolute atomic E-state index is 4.57. The number of aromatic nitrogens is 1. The van der Waals surface area contributed by atoms with Crippen molar-refractivity contribution in [2.75, 3.05) is 45.2 Å². The van der Waals surface area contributed by atoms with E-state index in [9.17, 15) is 0 Å². The summed E-state index contributed by atoms with van der Waals surface area (Å²) in [4.78, 5) is 13.7. The Morgan fingerprint density at radius 2 is 1.92 bits per heavy atom. The zero-order valence-corrected chi connectivity index (χ0v) is 16.5. The van der Waals surface area contributed by atoms with Gasteiger partial charge in [0.25, 0.3) is 0 Å². The van der Waals surface area contributed by atoms with Crippen LogP contribution in [0, 0.1) is 5.92 Å². The number of hydrogen-bond acceptors (Lipinski definition) is 4. The normalized spacial score (nSPS) is 25.2. The molecule has 2 N–H and O–H groups in total. The maximum atomic E-state index is 4.57. The highest BCUT2D eigenvalue weighted by Gasteiger charge is 2.19. The van der Waals surface area contributed by atoms with Crippen molar-refractivity contribution in [3.8, 4) is 0 Å². The predicted octanol–water partition coefficient (Wildman–Crippen LogP) is 2.08. The van der Waals surface area contributed by atoms with Crippen LogP contribution in [0.1, 0.15) is 38.2 Å². The Labute approximate surface area is 158 Å². The van der Waals surface area contributed by atoms with Gasteiger partial charge in [-0.2, -0.15) is 0 Å². The topological polar surface area (TPSA) is 55.8 Å². The summed E-state index contributed by atoms with van der Waals surface area (Å²) in [7, 11) is 4.03. The summed E-state index contributed by atoms with van der Waals surface area (Å²) in [5, 5.41) is 7.05. The molecule has 1 aliphatic carbocycles. The molecule has 6 nitrogen and oxygen atoms in total. The second kappa shape index (κ2) is 9.21. The number of rotatable bonds is 4. The highest BCUT2D eigenvalue weighted by Crippen LogP contribution is 2.23. The van der Waals surface area contributed by atoms with Crippen molar-refractivity contribution in [2.45, 2.75) is 45.2 Å². The summed E-state index contributed by atoms with van der Waals surface area (Å²) in [5.74, 6) is 2.86. The van der Waals surface area contributed by atoms with Crippen LogP contribution in [0.4, 0.5) is 5.82 Å². The third kappa shape index (κ3) is 5.34. The molecule has 144 valence electrons. The average Bonchev–Trinajstić information content (AvgIpc) is 2.67. The molecule has 2 aliphatic rings. The number of nitrogens with one attached hydrogen (secondary N) is 2. The minimum absolute atomic E-state index is 0.552. The first-order valence-electron chi connectivity index (χ1n) is 9.99. The summed E-state index contributed by atoms with van der Waals surface area (Å²) in [6, 6.07) is 4.84. The molecule has 0 unspecified atom stereocenters. The zero-order chi connectivity index (χ0) is 18.4. The first-order valence-corrected chi connectivity index (χ1v) is 9.99. The first-order chi connectivity index (χ1) is 12.6. The number of nitrogens with zero attached hydrogens (tertiary/aromatic N) is 4. The van der Waals surface area contributed by atoms with Gasteiger partial charge in [0.15, 0.2) is 5.96 Å². The molecule has 1 saturated heterocycles. The molecule has 26 heavy (non-hydrogen) atoms. The van der Waals surface area contributed by atoms with Gasteiger partial charge in [-0.25, -0.2) is 4.98 Å². The monoisotopic (exact) mass is 358 g/mol. The van der Waals surface area contributed by atoms with Crippen LogP contribution in [0.15, 0.2) is 23.3 Å². The molecule has 0 bridgehead atoms. The van der Waals surface area contributed by atoms with Crippen LogP contribution in [-0.4, -0.2) is 62.2 Å². The van der Waals surface area contributed by atoms with Crippen molar-refractivity contribution >= 4 is 11.8 Å². The molecule has 0 atom stereocenters. The summed E-state index contributed by atoms with van der Waals surface area (Å²) in [6.45, 7) is 7.41. The Hall–Kier alpha value is -1.82. The second-order valence-corrected chi connectivity index (χ2v) is 7.84. The molecule has 0 amide bonds. The van der Waals surface area contributed by atoms with Crippen molar-refractivity contribution in [2.24, 2.45) is 10.9 Å². The summed E-state index contributed by atoms with van der Waals surface area (Å²) in [6.07, 6.45) is 7.03.